The Morgan fingerprint density at radius 2 is 1.93 bits per heavy atom. The molecule has 0 aliphatic carbocycles. The Labute approximate surface area is 167 Å². The highest BCUT2D eigenvalue weighted by molar-refractivity contribution is 7.89. The van der Waals surface area contributed by atoms with E-state index in [0.717, 1.165) is 6.07 Å². The lowest BCUT2D eigenvalue weighted by molar-refractivity contribution is 0.0639. The van der Waals surface area contributed by atoms with Gasteiger partial charge in [0.1, 0.15) is 0 Å². The third kappa shape index (κ3) is 3.78. The lowest BCUT2D eigenvalue weighted by Crippen LogP contribution is -2.46. The third-order valence-corrected chi connectivity index (χ3v) is 6.21. The fourth-order valence-corrected chi connectivity index (χ4v) is 4.43. The van der Waals surface area contributed by atoms with Gasteiger partial charge in [0, 0.05) is 35.9 Å². The van der Waals surface area contributed by atoms with Crippen molar-refractivity contribution in [1.29, 1.82) is 0 Å². The van der Waals surface area contributed by atoms with Gasteiger partial charge in [-0.1, -0.05) is 17.7 Å². The van der Waals surface area contributed by atoms with Crippen molar-refractivity contribution in [2.75, 3.05) is 6.54 Å². The highest BCUT2D eigenvalue weighted by Gasteiger charge is 2.31. The van der Waals surface area contributed by atoms with Crippen molar-refractivity contribution in [3.8, 4) is 5.75 Å². The van der Waals surface area contributed by atoms with Crippen LogP contribution in [-0.4, -0.2) is 41.5 Å². The fraction of sp³-hybridized carbons (Fsp3) is 0.333. The number of nitrogens with one attached hydrogen (secondary N) is 1. The molecule has 8 nitrogen and oxygen atoms in total. The van der Waals surface area contributed by atoms with Crippen LogP contribution in [0.15, 0.2) is 40.0 Å². The number of rotatable bonds is 5. The molecule has 2 heterocycles. The first-order chi connectivity index (χ1) is 13.1. The molecular formula is C18H20ClN3O5S. The van der Waals surface area contributed by atoms with Gasteiger partial charge >= 0.3 is 0 Å². The van der Waals surface area contributed by atoms with Gasteiger partial charge < -0.3 is 14.6 Å². The molecule has 1 aromatic carbocycles. The van der Waals surface area contributed by atoms with Gasteiger partial charge in [-0.3, -0.25) is 9.59 Å². The Bertz CT molecular complexity index is 1090. The van der Waals surface area contributed by atoms with E-state index in [1.54, 1.807) is 11.0 Å². The molecule has 0 bridgehead atoms. The number of fused-ring (bicyclic) bond motifs is 1. The summed E-state index contributed by atoms with van der Waals surface area (Å²) >= 11 is 5.85. The molecule has 0 saturated heterocycles. The van der Waals surface area contributed by atoms with Gasteiger partial charge in [0.05, 0.1) is 11.4 Å². The van der Waals surface area contributed by atoms with Gasteiger partial charge in [-0.2, -0.15) is 0 Å². The normalized spacial score (nSPS) is 14.4. The summed E-state index contributed by atoms with van der Waals surface area (Å²) < 4.78 is 28.9. The van der Waals surface area contributed by atoms with E-state index in [9.17, 15) is 23.1 Å². The number of aromatic hydroxyl groups is 1. The van der Waals surface area contributed by atoms with E-state index in [0.29, 0.717) is 18.8 Å². The van der Waals surface area contributed by atoms with Crippen LogP contribution < -0.4 is 10.2 Å². The molecule has 28 heavy (non-hydrogen) atoms. The summed E-state index contributed by atoms with van der Waals surface area (Å²) in [6.45, 7) is 4.19. The molecular weight excluding hydrogens is 406 g/mol. The SMILES string of the molecule is CC(C)N1CCn2c(CNS(=O)(=O)c3cccc(Cl)c3)cc(=O)c(O)c2C1=O. The lowest BCUT2D eigenvalue weighted by atomic mass is 10.1. The first kappa shape index (κ1) is 20.4. The van der Waals surface area contributed by atoms with Gasteiger partial charge in [0.15, 0.2) is 11.4 Å². The van der Waals surface area contributed by atoms with Gasteiger partial charge in [0.25, 0.3) is 5.91 Å². The van der Waals surface area contributed by atoms with Crippen molar-refractivity contribution in [3.05, 3.63) is 57.0 Å². The summed E-state index contributed by atoms with van der Waals surface area (Å²) in [4.78, 5) is 26.4. The van der Waals surface area contributed by atoms with Crippen LogP contribution in [-0.2, 0) is 23.1 Å². The molecule has 1 aliphatic heterocycles. The predicted molar refractivity (Wildman–Crippen MR) is 104 cm³/mol. The highest BCUT2D eigenvalue weighted by atomic mass is 35.5. The number of hydrogen-bond acceptors (Lipinski definition) is 5. The summed E-state index contributed by atoms with van der Waals surface area (Å²) in [5, 5.41) is 10.4. The first-order valence-corrected chi connectivity index (χ1v) is 10.5. The van der Waals surface area contributed by atoms with E-state index in [1.165, 1.54) is 22.8 Å². The zero-order valence-corrected chi connectivity index (χ0v) is 16.9. The number of carbonyl (C=O) groups is 1. The van der Waals surface area contributed by atoms with E-state index in [4.69, 9.17) is 11.6 Å². The van der Waals surface area contributed by atoms with Crippen LogP contribution in [0, 0.1) is 0 Å². The van der Waals surface area contributed by atoms with Gasteiger partial charge in [-0.05, 0) is 32.0 Å². The minimum atomic E-state index is -3.88. The number of carbonyl (C=O) groups excluding carboxylic acids is 1. The first-order valence-electron chi connectivity index (χ1n) is 8.63. The Balaban J connectivity index is 1.95. The van der Waals surface area contributed by atoms with Crippen molar-refractivity contribution in [1.82, 2.24) is 14.2 Å². The highest BCUT2D eigenvalue weighted by Crippen LogP contribution is 2.23. The fourth-order valence-electron chi connectivity index (χ4n) is 3.13. The minimum absolute atomic E-state index is 0.0120. The van der Waals surface area contributed by atoms with Crippen molar-refractivity contribution in [2.24, 2.45) is 0 Å². The molecule has 0 unspecified atom stereocenters. The number of sulfonamides is 1. The number of aromatic nitrogens is 1. The van der Waals surface area contributed by atoms with Crippen LogP contribution in [0.1, 0.15) is 30.0 Å². The van der Waals surface area contributed by atoms with Crippen molar-refractivity contribution in [3.63, 3.8) is 0 Å². The second-order valence-electron chi connectivity index (χ2n) is 6.72. The molecule has 2 N–H and O–H groups in total. The van der Waals surface area contributed by atoms with Crippen LogP contribution in [0.3, 0.4) is 0 Å². The second-order valence-corrected chi connectivity index (χ2v) is 8.93. The maximum atomic E-state index is 12.7. The predicted octanol–water partition coefficient (Wildman–Crippen LogP) is 1.55. The number of hydrogen-bond donors (Lipinski definition) is 2. The monoisotopic (exact) mass is 425 g/mol. The van der Waals surface area contributed by atoms with E-state index in [1.807, 2.05) is 13.8 Å². The molecule has 0 saturated carbocycles. The summed E-state index contributed by atoms with van der Waals surface area (Å²) in [7, 11) is -3.88. The van der Waals surface area contributed by atoms with Crippen molar-refractivity contribution in [2.45, 2.75) is 37.9 Å². The number of nitrogens with zero attached hydrogens (tertiary/aromatic N) is 2. The van der Waals surface area contributed by atoms with E-state index >= 15 is 0 Å². The van der Waals surface area contributed by atoms with Crippen LogP contribution in [0.4, 0.5) is 0 Å². The van der Waals surface area contributed by atoms with Gasteiger partial charge in [-0.25, -0.2) is 13.1 Å². The van der Waals surface area contributed by atoms with E-state index < -0.39 is 27.1 Å². The molecule has 0 spiro atoms. The maximum Gasteiger partial charge on any atom is 0.274 e. The maximum absolute atomic E-state index is 12.7. The van der Waals surface area contributed by atoms with Crippen LogP contribution in [0.5, 0.6) is 5.75 Å². The molecule has 2 aromatic rings. The summed E-state index contributed by atoms with van der Waals surface area (Å²) in [6.07, 6.45) is 0. The van der Waals surface area contributed by atoms with Crippen molar-refractivity contribution < 1.29 is 18.3 Å². The number of halogens is 1. The smallest absolute Gasteiger partial charge is 0.274 e. The quantitative estimate of drug-likeness (QED) is 0.755. The van der Waals surface area contributed by atoms with Crippen LogP contribution >= 0.6 is 11.6 Å². The van der Waals surface area contributed by atoms with Gasteiger partial charge in [0.2, 0.25) is 15.5 Å². The number of benzene rings is 1. The Morgan fingerprint density at radius 1 is 1.21 bits per heavy atom. The van der Waals surface area contributed by atoms with Gasteiger partial charge in [-0.15, -0.1) is 0 Å². The van der Waals surface area contributed by atoms with E-state index in [-0.39, 0.29) is 28.2 Å². The zero-order chi connectivity index (χ0) is 20.6. The minimum Gasteiger partial charge on any atom is -0.503 e. The number of amides is 1. The topological polar surface area (TPSA) is 109 Å². The molecule has 1 amide bonds. The van der Waals surface area contributed by atoms with Crippen LogP contribution in [0.2, 0.25) is 5.02 Å². The molecule has 0 fully saturated rings. The molecule has 1 aromatic heterocycles. The molecule has 150 valence electrons. The van der Waals surface area contributed by atoms with Crippen LogP contribution in [0.25, 0.3) is 0 Å². The molecule has 0 radical (unpaired) electrons. The average molecular weight is 426 g/mol. The molecule has 0 atom stereocenters. The molecule has 1 aliphatic rings. The van der Waals surface area contributed by atoms with E-state index in [2.05, 4.69) is 4.72 Å². The third-order valence-electron chi connectivity index (χ3n) is 4.57. The number of pyridine rings is 1. The summed E-state index contributed by atoms with van der Waals surface area (Å²) in [5.74, 6) is -1.09. The Kier molecular flexibility index (Phi) is 5.51. The standard InChI is InChI=1S/C18H20ClN3O5S/c1-11(2)21-6-7-22-13(9-15(23)17(24)16(22)18(21)25)10-20-28(26,27)14-5-3-4-12(19)8-14/h3-5,8-9,11,20,24H,6-7,10H2,1-2H3. The second kappa shape index (κ2) is 7.57. The molecule has 3 rings (SSSR count). The zero-order valence-electron chi connectivity index (χ0n) is 15.3. The molecule has 10 heteroatoms. The summed E-state index contributed by atoms with van der Waals surface area (Å²) in [5.41, 5.74) is -0.563. The largest absolute Gasteiger partial charge is 0.503 e. The summed E-state index contributed by atoms with van der Waals surface area (Å²) in [6, 6.07) is 6.83. The Hall–Kier alpha value is -2.36. The Morgan fingerprint density at radius 3 is 2.57 bits per heavy atom. The lowest BCUT2D eigenvalue weighted by Gasteiger charge is -2.34. The average Bonchev–Trinajstić information content (AvgIpc) is 2.63. The van der Waals surface area contributed by atoms with Crippen molar-refractivity contribution >= 4 is 27.5 Å².